The fraction of sp³-hybridized carbons (Fsp3) is 0.371. The van der Waals surface area contributed by atoms with Crippen molar-refractivity contribution >= 4 is 134 Å². The van der Waals surface area contributed by atoms with Crippen LogP contribution >= 0.6 is 0 Å². The molecule has 9 aromatic heterocycles. The van der Waals surface area contributed by atoms with Crippen molar-refractivity contribution < 1.29 is 4.74 Å². The first-order chi connectivity index (χ1) is 52.9. The van der Waals surface area contributed by atoms with E-state index in [2.05, 4.69) is 345 Å². The molecule has 590 valence electrons. The van der Waals surface area contributed by atoms with Crippen LogP contribution in [0.15, 0.2) is 109 Å². The summed E-state index contributed by atoms with van der Waals surface area (Å²) in [5, 5.41) is 0. The molecular weight excluding hydrogens is 1360 g/mol. The Balaban J connectivity index is 0.000000181. The number of aromatic nitrogens is 6. The summed E-state index contributed by atoms with van der Waals surface area (Å²) in [6.07, 6.45) is 4.56. The van der Waals surface area contributed by atoms with Gasteiger partial charge in [-0.05, 0) is 449 Å². The van der Waals surface area contributed by atoms with Gasteiger partial charge in [0, 0.05) is 78.9 Å². The van der Waals surface area contributed by atoms with Crippen molar-refractivity contribution in [2.45, 2.75) is 253 Å². The highest BCUT2D eigenvalue weighted by Crippen LogP contribution is 2.42. The van der Waals surface area contributed by atoms with Crippen LogP contribution in [0, 0.1) is 67.7 Å². The molecule has 15 rings (SSSR count). The van der Waals surface area contributed by atoms with Crippen LogP contribution in [0.3, 0.4) is 0 Å². The largest absolute Gasteiger partial charge is 0.377 e. The normalized spacial score (nSPS) is 13.4. The molecule has 0 radical (unpaired) electrons. The van der Waals surface area contributed by atoms with Gasteiger partial charge in [0.25, 0.3) is 0 Å². The lowest BCUT2D eigenvalue weighted by Crippen LogP contribution is -1.96. The van der Waals surface area contributed by atoms with Crippen LogP contribution in [0.5, 0.6) is 0 Å². The highest BCUT2D eigenvalue weighted by atomic mass is 16.5. The standard InChI is InChI=1S/C32H36N2.C31H34N2O.C31H34N2.C5H12.3C2H6/c1-16(2)32-23(9)30-14-26-10-24(17(3)18(26)4)12-28-21(7)22(8)29(33-28)13-25-11-27(15-31(32)34-30)20(6)19(25)5;1-16-9-23-10-24(16)13-30-31(22(7)34-8)21(6)29(33-30)15-26-12-25(17(2)18(26)3)14-28-20(5)19(4)27(11-23)32-28;1-16(2)31-22(8)29-15-26-12-25(18(4)19(26)5)14-28-21(7)20(6)27(32-28)11-23-9-17(3)24(10-23)13-30(31)33-29;1-5(2,3)4;3*1-2/h10-16,33-34H,1-9H3;9-15,22,32-33H,1-8H3;9-16,32-33H,1-8H3;1-4H3;3*1-2H3. The number of aromatic amines is 6. The Morgan fingerprint density at radius 3 is 0.634 bits per heavy atom. The van der Waals surface area contributed by atoms with Gasteiger partial charge in [0.05, 0.1) is 6.10 Å². The van der Waals surface area contributed by atoms with E-state index < -0.39 is 0 Å². The number of rotatable bonds is 4. The zero-order valence-electron chi connectivity index (χ0n) is 75.2. The molecule has 6 aliphatic rings. The lowest BCUT2D eigenvalue weighted by atomic mass is 9.99. The second-order valence-corrected chi connectivity index (χ2v) is 33.6. The summed E-state index contributed by atoms with van der Waals surface area (Å²) in [4.78, 5) is 22.4. The smallest absolute Gasteiger partial charge is 0.0816 e. The fourth-order valence-electron chi connectivity index (χ4n) is 16.1. The van der Waals surface area contributed by atoms with Crippen molar-refractivity contribution in [3.8, 4) is 0 Å². The van der Waals surface area contributed by atoms with E-state index >= 15 is 0 Å². The fourth-order valence-corrected chi connectivity index (χ4v) is 16.1. The van der Waals surface area contributed by atoms with Gasteiger partial charge in [0.1, 0.15) is 0 Å². The average molecular weight is 1500 g/mol. The Morgan fingerprint density at radius 1 is 0.232 bits per heavy atom. The number of hydrogen-bond donors (Lipinski definition) is 6. The average Bonchev–Trinajstić information content (AvgIpc) is 1.63. The minimum absolute atomic E-state index is 0.00192. The second kappa shape index (κ2) is 35.1. The molecule has 9 aromatic rings. The molecule has 7 heteroatoms. The topological polar surface area (TPSA) is 104 Å². The molecule has 1 atom stereocenters. The number of allylic oxidation sites excluding steroid dienone is 10. The number of aryl methyl sites for hydroxylation is 9. The minimum Gasteiger partial charge on any atom is -0.377 e. The molecule has 0 saturated carbocycles. The van der Waals surface area contributed by atoms with E-state index in [1.165, 1.54) is 244 Å². The van der Waals surface area contributed by atoms with Crippen molar-refractivity contribution in [1.82, 2.24) is 29.9 Å². The molecule has 6 N–H and O–H groups in total. The summed E-state index contributed by atoms with van der Waals surface area (Å²) in [7, 11) is 1.78. The summed E-state index contributed by atoms with van der Waals surface area (Å²) in [6.45, 7) is 74.3. The molecular formula is C105H134N6O. The monoisotopic (exact) mass is 1500 g/mol. The number of ether oxygens (including phenoxy) is 1. The molecule has 1 unspecified atom stereocenters. The van der Waals surface area contributed by atoms with Crippen LogP contribution in [0.2, 0.25) is 0 Å². The van der Waals surface area contributed by atoms with Gasteiger partial charge < -0.3 is 34.6 Å². The maximum Gasteiger partial charge on any atom is 0.0816 e. The maximum absolute atomic E-state index is 5.78. The minimum atomic E-state index is 0.00192. The molecule has 0 aliphatic heterocycles. The quantitative estimate of drug-likeness (QED) is 0.104. The molecule has 0 amide bonds. The lowest BCUT2D eigenvalue weighted by molar-refractivity contribution is 0.120. The number of H-pyrrole nitrogens is 6. The van der Waals surface area contributed by atoms with Gasteiger partial charge in [-0.2, -0.15) is 0 Å². The van der Waals surface area contributed by atoms with Gasteiger partial charge in [-0.3, -0.25) is 0 Å². The SMILES string of the molecule is CC.CC.CC.CC(C)(C)C.CC1=C(C)c2cc1cc1[nH]c(cc3cc(cc4[nH]c(c2)c(C)c4C(C)C)C(C)=C3C)c(C)c1C.CC1=Cc2cc1cc1[nH]c(cc3cc(cc4[nH]c(c2)c(C)c4C)C(C)=C3C)c(C)c1C(C)C.COC(C)c1c(C)c2cc3cc(cc4[nH]c(cc5cc(cc1[nH]2)C(C)=C5)c(C)c4C)C(C)=C3C. The van der Waals surface area contributed by atoms with Crippen LogP contribution in [0.4, 0.5) is 0 Å². The molecule has 9 heterocycles. The van der Waals surface area contributed by atoms with Crippen LogP contribution in [0.25, 0.3) is 134 Å². The molecule has 112 heavy (non-hydrogen) atoms. The molecule has 0 spiro atoms. The number of hydrogen-bond acceptors (Lipinski definition) is 1. The van der Waals surface area contributed by atoms with Crippen molar-refractivity contribution in [2.24, 2.45) is 5.41 Å². The number of fused-ring (bicyclic) bond motifs is 24. The van der Waals surface area contributed by atoms with Crippen molar-refractivity contribution in [3.63, 3.8) is 0 Å². The highest BCUT2D eigenvalue weighted by Gasteiger charge is 2.22. The Kier molecular flexibility index (Phi) is 27.0. The summed E-state index contributed by atoms with van der Waals surface area (Å²) >= 11 is 0. The van der Waals surface area contributed by atoms with Crippen molar-refractivity contribution in [2.75, 3.05) is 7.11 Å². The van der Waals surface area contributed by atoms with Crippen LogP contribution in [-0.4, -0.2) is 37.0 Å². The van der Waals surface area contributed by atoms with E-state index in [1.54, 1.807) is 7.11 Å². The first kappa shape index (κ1) is 86.2. The third kappa shape index (κ3) is 17.7. The van der Waals surface area contributed by atoms with E-state index in [1.807, 2.05) is 41.5 Å². The molecule has 6 aliphatic carbocycles. The third-order valence-electron chi connectivity index (χ3n) is 23.8. The zero-order chi connectivity index (χ0) is 82.9. The lowest BCUT2D eigenvalue weighted by Gasteiger charge is -2.09. The third-order valence-corrected chi connectivity index (χ3v) is 23.8. The van der Waals surface area contributed by atoms with Gasteiger partial charge in [-0.1, -0.05) is 109 Å². The van der Waals surface area contributed by atoms with Crippen molar-refractivity contribution in [1.29, 1.82) is 0 Å². The molecule has 24 bridgehead atoms. The molecule has 0 saturated heterocycles. The second-order valence-electron chi connectivity index (χ2n) is 33.6. The first-order valence-corrected chi connectivity index (χ1v) is 41.4. The van der Waals surface area contributed by atoms with Gasteiger partial charge in [0.2, 0.25) is 0 Å². The van der Waals surface area contributed by atoms with E-state index in [-0.39, 0.29) is 6.10 Å². The molecule has 0 fully saturated rings. The van der Waals surface area contributed by atoms with E-state index in [0.717, 1.165) is 11.0 Å². The predicted molar refractivity (Wildman–Crippen MR) is 501 cm³/mol. The number of nitrogens with one attached hydrogen (secondary N) is 6. The first-order valence-electron chi connectivity index (χ1n) is 41.4. The zero-order valence-corrected chi connectivity index (χ0v) is 75.2. The maximum atomic E-state index is 5.78. The van der Waals surface area contributed by atoms with Crippen LogP contribution in [-0.2, 0) is 4.74 Å². The Labute approximate surface area is 673 Å². The van der Waals surface area contributed by atoms with Gasteiger partial charge in [-0.25, -0.2) is 0 Å². The summed E-state index contributed by atoms with van der Waals surface area (Å²) in [5.74, 6) is 0.898. The van der Waals surface area contributed by atoms with Gasteiger partial charge >= 0.3 is 0 Å². The Hall–Kier alpha value is -9.82. The van der Waals surface area contributed by atoms with Crippen molar-refractivity contribution in [3.05, 3.63) is 243 Å². The van der Waals surface area contributed by atoms with Crippen LogP contribution < -0.4 is 0 Å². The highest BCUT2D eigenvalue weighted by molar-refractivity contribution is 6.00. The predicted octanol–water partition coefficient (Wildman–Crippen LogP) is 32.4. The molecule has 0 aromatic carbocycles. The summed E-state index contributed by atoms with van der Waals surface area (Å²) in [6, 6.07) is 41.6. The van der Waals surface area contributed by atoms with E-state index in [9.17, 15) is 0 Å². The van der Waals surface area contributed by atoms with Gasteiger partial charge in [-0.15, -0.1) is 0 Å². The van der Waals surface area contributed by atoms with E-state index in [4.69, 9.17) is 4.74 Å². The Bertz CT molecular complexity index is 5900. The Morgan fingerprint density at radius 2 is 0.411 bits per heavy atom. The van der Waals surface area contributed by atoms with Crippen LogP contribution in [0.1, 0.15) is 325 Å². The number of methoxy groups -OCH3 is 1. The molecule has 7 nitrogen and oxygen atoms in total. The van der Waals surface area contributed by atoms with E-state index in [0.29, 0.717) is 17.3 Å². The van der Waals surface area contributed by atoms with Gasteiger partial charge in [0.15, 0.2) is 0 Å². The summed E-state index contributed by atoms with van der Waals surface area (Å²) < 4.78 is 5.78. The summed E-state index contributed by atoms with van der Waals surface area (Å²) in [5.41, 5.74) is 59.1.